The lowest BCUT2D eigenvalue weighted by Gasteiger charge is -2.39. The Hall–Kier alpha value is -0.660. The van der Waals surface area contributed by atoms with E-state index in [9.17, 15) is 9.59 Å². The molecule has 1 saturated heterocycles. The molecule has 0 saturated carbocycles. The molecule has 7 heteroatoms. The van der Waals surface area contributed by atoms with Gasteiger partial charge in [0.2, 0.25) is 0 Å². The van der Waals surface area contributed by atoms with Gasteiger partial charge in [0.1, 0.15) is 5.33 Å². The maximum Gasteiger partial charge on any atom is 0.320 e. The van der Waals surface area contributed by atoms with E-state index in [2.05, 4.69) is 20.8 Å². The number of carbonyl (C=O) groups excluding carboxylic acids is 2. The third kappa shape index (κ3) is 5.76. The molecular weight excluding hydrogens is 330 g/mol. The number of ether oxygens (including phenoxy) is 3. The van der Waals surface area contributed by atoms with E-state index in [1.165, 1.54) is 0 Å². The molecule has 0 bridgehead atoms. The van der Waals surface area contributed by atoms with Crippen LogP contribution in [0.4, 0.5) is 0 Å². The molecule has 1 aliphatic heterocycles. The van der Waals surface area contributed by atoms with Crippen molar-refractivity contribution < 1.29 is 23.8 Å². The van der Waals surface area contributed by atoms with E-state index in [1.807, 2.05) is 6.92 Å². The number of morpholine rings is 1. The quantitative estimate of drug-likeness (QED) is 0.503. The zero-order valence-electron chi connectivity index (χ0n) is 12.0. The van der Waals surface area contributed by atoms with Gasteiger partial charge in [-0.05, 0) is 20.3 Å². The van der Waals surface area contributed by atoms with Crippen molar-refractivity contribution >= 4 is 27.9 Å². The Morgan fingerprint density at radius 1 is 1.30 bits per heavy atom. The van der Waals surface area contributed by atoms with Crippen molar-refractivity contribution in [1.29, 1.82) is 0 Å². The zero-order valence-corrected chi connectivity index (χ0v) is 13.6. The molecule has 2 atom stereocenters. The number of nitrogens with zero attached hydrogens (tertiary/aromatic N) is 1. The summed E-state index contributed by atoms with van der Waals surface area (Å²) >= 11 is 3.04. The first kappa shape index (κ1) is 17.4. The van der Waals surface area contributed by atoms with E-state index in [1.54, 1.807) is 6.92 Å². The number of hydrogen-bond acceptors (Lipinski definition) is 6. The highest BCUT2D eigenvalue weighted by Gasteiger charge is 2.30. The maximum atomic E-state index is 11.6. The zero-order chi connectivity index (χ0) is 15.0. The van der Waals surface area contributed by atoms with E-state index >= 15 is 0 Å². The van der Waals surface area contributed by atoms with Gasteiger partial charge in [-0.3, -0.25) is 14.5 Å². The van der Waals surface area contributed by atoms with Gasteiger partial charge in [-0.25, -0.2) is 0 Å². The Kier molecular flexibility index (Phi) is 8.09. The van der Waals surface area contributed by atoms with E-state index in [0.717, 1.165) is 0 Å². The van der Waals surface area contributed by atoms with Crippen LogP contribution in [0.25, 0.3) is 0 Å². The Labute approximate surface area is 127 Å². The molecule has 1 fully saturated rings. The molecule has 0 amide bonds. The molecule has 2 unspecified atom stereocenters. The number of rotatable bonds is 7. The lowest BCUT2D eigenvalue weighted by atomic mass is 10.1. The van der Waals surface area contributed by atoms with Gasteiger partial charge in [-0.15, -0.1) is 0 Å². The van der Waals surface area contributed by atoms with Crippen LogP contribution in [0.15, 0.2) is 0 Å². The summed E-state index contributed by atoms with van der Waals surface area (Å²) in [7, 11) is 0. The van der Waals surface area contributed by atoms with Crippen molar-refractivity contribution in [3.05, 3.63) is 0 Å². The predicted octanol–water partition coefficient (Wildman–Crippen LogP) is 0.967. The minimum atomic E-state index is -0.285. The number of carbonyl (C=O) groups is 2. The third-order valence-corrected chi connectivity index (χ3v) is 3.60. The first-order valence-corrected chi connectivity index (χ1v) is 7.91. The summed E-state index contributed by atoms with van der Waals surface area (Å²) in [6.45, 7) is 5.88. The van der Waals surface area contributed by atoms with Gasteiger partial charge < -0.3 is 14.2 Å². The minimum absolute atomic E-state index is 0.0614. The topological polar surface area (TPSA) is 65.1 Å². The van der Waals surface area contributed by atoms with Crippen molar-refractivity contribution in [2.45, 2.75) is 32.4 Å². The molecule has 0 aliphatic carbocycles. The monoisotopic (exact) mass is 351 g/mol. The van der Waals surface area contributed by atoms with Crippen LogP contribution >= 0.6 is 15.9 Å². The van der Waals surface area contributed by atoms with Crippen LogP contribution in [0, 0.1) is 0 Å². The summed E-state index contributed by atoms with van der Waals surface area (Å²) in [5.41, 5.74) is 0. The summed E-state index contributed by atoms with van der Waals surface area (Å²) in [6, 6.07) is 0.205. The van der Waals surface area contributed by atoms with Crippen LogP contribution in [0.5, 0.6) is 0 Å². The molecule has 1 aliphatic rings. The third-order valence-electron chi connectivity index (χ3n) is 3.14. The Balaban J connectivity index is 2.47. The van der Waals surface area contributed by atoms with E-state index in [-0.39, 0.29) is 35.9 Å². The predicted molar refractivity (Wildman–Crippen MR) is 76.8 cm³/mol. The lowest BCUT2D eigenvalue weighted by molar-refractivity contribution is -0.150. The average molecular weight is 352 g/mol. The number of alkyl halides is 1. The van der Waals surface area contributed by atoms with Crippen LogP contribution in [0.3, 0.4) is 0 Å². The second kappa shape index (κ2) is 9.31. The summed E-state index contributed by atoms with van der Waals surface area (Å²) < 4.78 is 15.5. The Morgan fingerprint density at radius 3 is 2.70 bits per heavy atom. The molecule has 0 aromatic rings. The fourth-order valence-electron chi connectivity index (χ4n) is 2.16. The summed E-state index contributed by atoms with van der Waals surface area (Å²) in [5.74, 6) is -0.518. The van der Waals surface area contributed by atoms with Gasteiger partial charge in [0, 0.05) is 12.1 Å². The van der Waals surface area contributed by atoms with Crippen molar-refractivity contribution in [2.24, 2.45) is 0 Å². The van der Waals surface area contributed by atoms with Gasteiger partial charge >= 0.3 is 11.9 Å². The first-order valence-electron chi connectivity index (χ1n) is 6.79. The maximum absolute atomic E-state index is 11.6. The smallest absolute Gasteiger partial charge is 0.320 e. The van der Waals surface area contributed by atoms with Gasteiger partial charge in [0.15, 0.2) is 0 Å². The van der Waals surface area contributed by atoms with Gasteiger partial charge in [0.25, 0.3) is 0 Å². The molecule has 6 nitrogen and oxygen atoms in total. The van der Waals surface area contributed by atoms with Gasteiger partial charge in [-0.2, -0.15) is 0 Å². The molecule has 116 valence electrons. The van der Waals surface area contributed by atoms with Crippen LogP contribution in [0.1, 0.15) is 20.3 Å². The molecule has 0 N–H and O–H groups in total. The van der Waals surface area contributed by atoms with Crippen molar-refractivity contribution in [3.8, 4) is 0 Å². The second-order valence-corrected chi connectivity index (χ2v) is 5.22. The molecule has 20 heavy (non-hydrogen) atoms. The molecule has 1 rings (SSSR count). The van der Waals surface area contributed by atoms with Crippen molar-refractivity contribution in [2.75, 3.05) is 38.3 Å². The lowest BCUT2D eigenvalue weighted by Crippen LogP contribution is -2.53. The summed E-state index contributed by atoms with van der Waals surface area (Å²) in [4.78, 5) is 24.8. The normalized spacial score (nSPS) is 23.4. The largest absolute Gasteiger partial charge is 0.465 e. The molecule has 0 aromatic carbocycles. The Bertz CT molecular complexity index is 326. The van der Waals surface area contributed by atoms with Crippen LogP contribution in [-0.2, 0) is 23.8 Å². The second-order valence-electron chi connectivity index (χ2n) is 4.66. The van der Waals surface area contributed by atoms with E-state index < -0.39 is 0 Å². The van der Waals surface area contributed by atoms with E-state index in [4.69, 9.17) is 14.2 Å². The van der Waals surface area contributed by atoms with Gasteiger partial charge in [0.05, 0.1) is 33.0 Å². The highest BCUT2D eigenvalue weighted by molar-refractivity contribution is 9.09. The summed E-state index contributed by atoms with van der Waals surface area (Å²) in [6.07, 6.45) is 0.641. The van der Waals surface area contributed by atoms with Crippen molar-refractivity contribution in [1.82, 2.24) is 4.90 Å². The molecule has 0 aromatic heterocycles. The Morgan fingerprint density at radius 2 is 2.05 bits per heavy atom. The molecule has 0 spiro atoms. The fourth-order valence-corrected chi connectivity index (χ4v) is 2.33. The molecule has 1 heterocycles. The standard InChI is InChI=1S/C13H22BrNO5/c1-3-19-13(17)7-15-10(2)8-18-9-11(15)4-5-20-12(16)6-14/h10-11H,3-9H2,1-2H3. The average Bonchev–Trinajstić information content (AvgIpc) is 2.42. The van der Waals surface area contributed by atoms with Crippen LogP contribution in [-0.4, -0.2) is 67.2 Å². The summed E-state index contributed by atoms with van der Waals surface area (Å²) in [5, 5.41) is 0.192. The first-order chi connectivity index (χ1) is 9.58. The van der Waals surface area contributed by atoms with Crippen LogP contribution < -0.4 is 0 Å². The highest BCUT2D eigenvalue weighted by atomic mass is 79.9. The highest BCUT2D eigenvalue weighted by Crippen LogP contribution is 2.16. The number of hydrogen-bond donors (Lipinski definition) is 0. The fraction of sp³-hybridized carbons (Fsp3) is 0.846. The molecule has 0 radical (unpaired) electrons. The van der Waals surface area contributed by atoms with Crippen LogP contribution in [0.2, 0.25) is 0 Å². The van der Waals surface area contributed by atoms with Crippen molar-refractivity contribution in [3.63, 3.8) is 0 Å². The molecular formula is C13H22BrNO5. The number of halogens is 1. The number of esters is 2. The SMILES string of the molecule is CCOC(=O)CN1C(C)COCC1CCOC(=O)CBr. The van der Waals surface area contributed by atoms with Gasteiger partial charge in [-0.1, -0.05) is 15.9 Å². The minimum Gasteiger partial charge on any atom is -0.465 e. The van der Waals surface area contributed by atoms with E-state index in [0.29, 0.717) is 32.8 Å².